The summed E-state index contributed by atoms with van der Waals surface area (Å²) in [7, 11) is -1.76. The molecule has 0 bridgehead atoms. The number of imidazole rings is 1. The summed E-state index contributed by atoms with van der Waals surface area (Å²) in [4.78, 5) is 11.4. The zero-order valence-corrected chi connectivity index (χ0v) is 11.7. The Balaban J connectivity index is 1.98. The van der Waals surface area contributed by atoms with E-state index in [9.17, 15) is 8.42 Å². The molecule has 0 atom stereocenters. The lowest BCUT2D eigenvalue weighted by atomic mass is 10.4. The van der Waals surface area contributed by atoms with E-state index < -0.39 is 10.0 Å². The monoisotopic (exact) mass is 301 g/mol. The molecular formula is C10H12ClN5O2S. The van der Waals surface area contributed by atoms with Crippen LogP contribution in [0.1, 0.15) is 5.82 Å². The fourth-order valence-electron chi connectivity index (χ4n) is 1.46. The molecule has 19 heavy (non-hydrogen) atoms. The summed E-state index contributed by atoms with van der Waals surface area (Å²) >= 11 is 5.50. The van der Waals surface area contributed by atoms with E-state index in [1.54, 1.807) is 12.4 Å². The van der Waals surface area contributed by atoms with E-state index in [0.29, 0.717) is 6.42 Å². The molecule has 9 heteroatoms. The lowest BCUT2D eigenvalue weighted by molar-refractivity contribution is 0.579. The zero-order chi connectivity index (χ0) is 13.9. The Morgan fingerprint density at radius 1 is 1.32 bits per heavy atom. The Bertz CT molecular complexity index is 653. The Kier molecular flexibility index (Phi) is 4.13. The van der Waals surface area contributed by atoms with E-state index in [2.05, 4.69) is 19.7 Å². The fourth-order valence-corrected chi connectivity index (χ4v) is 2.48. The molecule has 0 aromatic carbocycles. The molecule has 1 N–H and O–H groups in total. The van der Waals surface area contributed by atoms with Gasteiger partial charge in [-0.15, -0.1) is 0 Å². The summed E-state index contributed by atoms with van der Waals surface area (Å²) in [5, 5.41) is 0.00644. The Labute approximate surface area is 115 Å². The number of rotatable bonds is 5. The maximum atomic E-state index is 11.9. The summed E-state index contributed by atoms with van der Waals surface area (Å²) in [5.74, 6) is 0.801. The Hall–Kier alpha value is -1.51. The van der Waals surface area contributed by atoms with Gasteiger partial charge in [0.05, 0.1) is 12.4 Å². The predicted molar refractivity (Wildman–Crippen MR) is 69.1 cm³/mol. The van der Waals surface area contributed by atoms with Crippen LogP contribution < -0.4 is 4.72 Å². The summed E-state index contributed by atoms with van der Waals surface area (Å²) in [6.07, 6.45) is 6.29. The van der Waals surface area contributed by atoms with Gasteiger partial charge in [0.2, 0.25) is 15.3 Å². The average Bonchev–Trinajstić information content (AvgIpc) is 2.75. The third-order valence-electron chi connectivity index (χ3n) is 2.47. The number of halogens is 1. The summed E-state index contributed by atoms with van der Waals surface area (Å²) in [5.41, 5.74) is 0. The predicted octanol–water partition coefficient (Wildman–Crippen LogP) is 0.384. The standard InChI is InChI=1S/C10H12ClN5O2S/c1-16-5-4-12-9(16)2-3-15-19(17,18)8-6-13-10(11)14-7-8/h4-7,15H,2-3H2,1H3. The van der Waals surface area contributed by atoms with Gasteiger partial charge in [-0.05, 0) is 11.6 Å². The first-order chi connectivity index (χ1) is 8.99. The average molecular weight is 302 g/mol. The quantitative estimate of drug-likeness (QED) is 0.807. The van der Waals surface area contributed by atoms with Crippen molar-refractivity contribution in [2.24, 2.45) is 7.05 Å². The van der Waals surface area contributed by atoms with E-state index in [1.807, 2.05) is 11.6 Å². The molecule has 0 aliphatic carbocycles. The van der Waals surface area contributed by atoms with Gasteiger partial charge in [0.25, 0.3) is 0 Å². The molecule has 2 aromatic heterocycles. The highest BCUT2D eigenvalue weighted by atomic mass is 35.5. The van der Waals surface area contributed by atoms with Gasteiger partial charge in [-0.25, -0.2) is 28.1 Å². The number of hydrogen-bond acceptors (Lipinski definition) is 5. The summed E-state index contributed by atoms with van der Waals surface area (Å²) in [6.45, 7) is 0.246. The van der Waals surface area contributed by atoms with Crippen LogP contribution in [0.4, 0.5) is 0 Å². The molecule has 102 valence electrons. The molecule has 0 fully saturated rings. The first-order valence-corrected chi connectivity index (χ1v) is 7.28. The topological polar surface area (TPSA) is 89.8 Å². The molecule has 0 aliphatic heterocycles. The molecule has 0 unspecified atom stereocenters. The summed E-state index contributed by atoms with van der Waals surface area (Å²) in [6, 6.07) is 0. The van der Waals surface area contributed by atoms with Crippen LogP contribution >= 0.6 is 11.6 Å². The fraction of sp³-hybridized carbons (Fsp3) is 0.300. The maximum Gasteiger partial charge on any atom is 0.243 e. The van der Waals surface area contributed by atoms with Crippen molar-refractivity contribution in [2.45, 2.75) is 11.3 Å². The molecule has 0 saturated heterocycles. The Morgan fingerprint density at radius 2 is 2.00 bits per heavy atom. The molecule has 7 nitrogen and oxygen atoms in total. The van der Waals surface area contributed by atoms with Gasteiger partial charge in [-0.3, -0.25) is 0 Å². The third kappa shape index (κ3) is 3.49. The first-order valence-electron chi connectivity index (χ1n) is 5.42. The van der Waals surface area contributed by atoms with Crippen LogP contribution in [0.15, 0.2) is 29.7 Å². The van der Waals surface area contributed by atoms with Crippen molar-refractivity contribution in [3.63, 3.8) is 0 Å². The molecular weight excluding hydrogens is 290 g/mol. The SMILES string of the molecule is Cn1ccnc1CCNS(=O)(=O)c1cnc(Cl)nc1. The second-order valence-electron chi connectivity index (χ2n) is 3.79. The normalized spacial score (nSPS) is 11.7. The molecule has 0 saturated carbocycles. The van der Waals surface area contributed by atoms with Crippen LogP contribution in [-0.4, -0.2) is 34.5 Å². The van der Waals surface area contributed by atoms with Crippen LogP contribution in [0.25, 0.3) is 0 Å². The largest absolute Gasteiger partial charge is 0.338 e. The minimum Gasteiger partial charge on any atom is -0.338 e. The van der Waals surface area contributed by atoms with Crippen molar-refractivity contribution in [3.05, 3.63) is 35.9 Å². The van der Waals surface area contributed by atoms with Gasteiger partial charge in [-0.2, -0.15) is 0 Å². The molecule has 2 aromatic rings. The molecule has 0 spiro atoms. The Morgan fingerprint density at radius 3 is 2.58 bits per heavy atom. The molecule has 2 rings (SSSR count). The number of aromatic nitrogens is 4. The first kappa shape index (κ1) is 13.9. The molecule has 0 radical (unpaired) electrons. The highest BCUT2D eigenvalue weighted by Gasteiger charge is 2.14. The highest BCUT2D eigenvalue weighted by Crippen LogP contribution is 2.07. The van der Waals surface area contributed by atoms with Crippen molar-refractivity contribution in [2.75, 3.05) is 6.54 Å². The molecule has 0 amide bonds. The molecule has 0 aliphatic rings. The van der Waals surface area contributed by atoms with Crippen molar-refractivity contribution >= 4 is 21.6 Å². The molecule has 2 heterocycles. The van der Waals surface area contributed by atoms with Crippen LogP contribution in [0.2, 0.25) is 5.28 Å². The summed E-state index contributed by atoms with van der Waals surface area (Å²) < 4.78 is 28.1. The zero-order valence-electron chi connectivity index (χ0n) is 10.1. The number of hydrogen-bond donors (Lipinski definition) is 1. The number of nitrogens with zero attached hydrogens (tertiary/aromatic N) is 4. The third-order valence-corrected chi connectivity index (χ3v) is 4.08. The van der Waals surface area contributed by atoms with E-state index in [4.69, 9.17) is 11.6 Å². The maximum absolute atomic E-state index is 11.9. The van der Waals surface area contributed by atoms with Gasteiger partial charge in [-0.1, -0.05) is 0 Å². The van der Waals surface area contributed by atoms with Gasteiger partial charge < -0.3 is 4.57 Å². The van der Waals surface area contributed by atoms with Gasteiger partial charge in [0.15, 0.2) is 0 Å². The minimum atomic E-state index is -3.61. The van der Waals surface area contributed by atoms with Gasteiger partial charge >= 0.3 is 0 Å². The number of sulfonamides is 1. The minimum absolute atomic E-state index is 0.00644. The van der Waals surface area contributed by atoms with Crippen molar-refractivity contribution in [1.82, 2.24) is 24.2 Å². The van der Waals surface area contributed by atoms with Crippen LogP contribution in [0.3, 0.4) is 0 Å². The highest BCUT2D eigenvalue weighted by molar-refractivity contribution is 7.89. The second-order valence-corrected chi connectivity index (χ2v) is 5.89. The van der Waals surface area contributed by atoms with E-state index in [-0.39, 0.29) is 16.7 Å². The van der Waals surface area contributed by atoms with Crippen molar-refractivity contribution in [1.29, 1.82) is 0 Å². The van der Waals surface area contributed by atoms with Gasteiger partial charge in [0, 0.05) is 32.4 Å². The second kappa shape index (κ2) is 5.64. The van der Waals surface area contributed by atoms with Crippen LogP contribution in [0.5, 0.6) is 0 Å². The lowest BCUT2D eigenvalue weighted by Gasteiger charge is -2.06. The van der Waals surface area contributed by atoms with Crippen molar-refractivity contribution < 1.29 is 8.42 Å². The number of aryl methyl sites for hydroxylation is 1. The van der Waals surface area contributed by atoms with E-state index in [1.165, 1.54) is 12.4 Å². The van der Waals surface area contributed by atoms with Crippen LogP contribution in [-0.2, 0) is 23.5 Å². The van der Waals surface area contributed by atoms with E-state index >= 15 is 0 Å². The van der Waals surface area contributed by atoms with Crippen molar-refractivity contribution in [3.8, 4) is 0 Å². The number of nitrogens with one attached hydrogen (secondary N) is 1. The van der Waals surface area contributed by atoms with Crippen LogP contribution in [0, 0.1) is 0 Å². The van der Waals surface area contributed by atoms with E-state index in [0.717, 1.165) is 5.82 Å². The lowest BCUT2D eigenvalue weighted by Crippen LogP contribution is -2.26. The smallest absolute Gasteiger partial charge is 0.243 e. The van der Waals surface area contributed by atoms with Gasteiger partial charge in [0.1, 0.15) is 10.7 Å².